The van der Waals surface area contributed by atoms with Crippen molar-refractivity contribution >= 4 is 30.6 Å². The van der Waals surface area contributed by atoms with Crippen LogP contribution in [0, 0.1) is 0 Å². The molecule has 1 aromatic rings. The largest absolute Gasteiger partial charge is 0.481 e. The zero-order valence-corrected chi connectivity index (χ0v) is 6.72. The summed E-state index contributed by atoms with van der Waals surface area (Å²) in [4.78, 5) is 3.78. The quantitative estimate of drug-likeness (QED) is 0.479. The van der Waals surface area contributed by atoms with Gasteiger partial charge in [0, 0.05) is 0 Å². The first kappa shape index (κ1) is 8.20. The second kappa shape index (κ2) is 3.01. The number of halogens is 1. The molecule has 0 bridgehead atoms. The Kier molecular flexibility index (Phi) is 2.24. The maximum absolute atomic E-state index is 5.59. The third-order valence-electron chi connectivity index (χ3n) is 1.19. The van der Waals surface area contributed by atoms with Gasteiger partial charge in [0.05, 0.1) is 12.8 Å². The minimum atomic E-state index is 0.205. The average molecular weight is 168 g/mol. The van der Waals surface area contributed by atoms with Crippen LogP contribution >= 0.6 is 11.6 Å². The molecule has 3 nitrogen and oxygen atoms in total. The lowest BCUT2D eigenvalue weighted by Gasteiger charge is -2.04. The molecule has 0 amide bonds. The maximum atomic E-state index is 5.59. The van der Waals surface area contributed by atoms with Crippen LogP contribution in [-0.2, 0) is 0 Å². The molecule has 1 rings (SSSR count). The molecular weight excluding hydrogens is 162 g/mol. The van der Waals surface area contributed by atoms with Gasteiger partial charge in [-0.05, 0) is 11.5 Å². The number of methoxy groups -OCH3 is 1. The van der Waals surface area contributed by atoms with Crippen molar-refractivity contribution in [1.82, 2.24) is 4.98 Å². The molecule has 2 N–H and O–H groups in total. The lowest BCUT2D eigenvalue weighted by atomic mass is 9.97. The van der Waals surface area contributed by atoms with Crippen LogP contribution in [0.5, 0.6) is 5.88 Å². The van der Waals surface area contributed by atoms with E-state index in [0.717, 1.165) is 0 Å². The number of nitrogens with zero attached hydrogens (tertiary/aromatic N) is 1. The summed E-state index contributed by atoms with van der Waals surface area (Å²) in [5, 5.41) is 0.205. The van der Waals surface area contributed by atoms with Crippen molar-refractivity contribution in [2.45, 2.75) is 0 Å². The van der Waals surface area contributed by atoms with Crippen molar-refractivity contribution in [1.29, 1.82) is 0 Å². The van der Waals surface area contributed by atoms with E-state index >= 15 is 0 Å². The Labute approximate surface area is 70.9 Å². The fourth-order valence-corrected chi connectivity index (χ4v) is 0.802. The fourth-order valence-electron chi connectivity index (χ4n) is 0.671. The summed E-state index contributed by atoms with van der Waals surface area (Å²) in [6, 6.07) is 1.51. The SMILES string of the molecule is [B]c1cc(N)c(Cl)nc1OC. The highest BCUT2D eigenvalue weighted by molar-refractivity contribution is 6.36. The van der Waals surface area contributed by atoms with Crippen molar-refractivity contribution in [2.75, 3.05) is 12.8 Å². The van der Waals surface area contributed by atoms with E-state index in [9.17, 15) is 0 Å². The molecule has 56 valence electrons. The van der Waals surface area contributed by atoms with Crippen LogP contribution in [0.25, 0.3) is 0 Å². The van der Waals surface area contributed by atoms with Crippen LogP contribution in [0.1, 0.15) is 0 Å². The molecule has 0 aliphatic heterocycles. The number of hydrogen-bond donors (Lipinski definition) is 1. The van der Waals surface area contributed by atoms with Gasteiger partial charge in [0.1, 0.15) is 7.85 Å². The molecule has 0 aliphatic rings. The first-order valence-electron chi connectivity index (χ1n) is 2.90. The minimum Gasteiger partial charge on any atom is -0.481 e. The van der Waals surface area contributed by atoms with E-state index in [1.165, 1.54) is 13.2 Å². The van der Waals surface area contributed by atoms with Crippen molar-refractivity contribution < 1.29 is 4.74 Å². The molecule has 0 saturated heterocycles. The van der Waals surface area contributed by atoms with Gasteiger partial charge in [-0.25, -0.2) is 0 Å². The van der Waals surface area contributed by atoms with Crippen molar-refractivity contribution in [3.8, 4) is 5.88 Å². The van der Waals surface area contributed by atoms with E-state index in [2.05, 4.69) is 4.98 Å². The average Bonchev–Trinajstić information content (AvgIpc) is 1.97. The number of anilines is 1. The van der Waals surface area contributed by atoms with E-state index in [1.807, 2.05) is 0 Å². The van der Waals surface area contributed by atoms with Crippen LogP contribution in [0.4, 0.5) is 5.69 Å². The predicted octanol–water partition coefficient (Wildman–Crippen LogP) is 0.120. The van der Waals surface area contributed by atoms with Crippen molar-refractivity contribution in [3.63, 3.8) is 0 Å². The lowest BCUT2D eigenvalue weighted by molar-refractivity contribution is 0.402. The second-order valence-electron chi connectivity index (χ2n) is 1.97. The normalized spacial score (nSPS) is 9.64. The molecule has 2 radical (unpaired) electrons. The third-order valence-corrected chi connectivity index (χ3v) is 1.49. The molecule has 1 heterocycles. The van der Waals surface area contributed by atoms with E-state index < -0.39 is 0 Å². The number of aromatic nitrogens is 1. The molecule has 0 aliphatic carbocycles. The van der Waals surface area contributed by atoms with E-state index in [0.29, 0.717) is 17.0 Å². The third kappa shape index (κ3) is 1.57. The van der Waals surface area contributed by atoms with Crippen LogP contribution in [0.15, 0.2) is 6.07 Å². The van der Waals surface area contributed by atoms with Crippen LogP contribution < -0.4 is 15.9 Å². The summed E-state index contributed by atoms with van der Waals surface area (Å²) in [7, 11) is 6.94. The zero-order valence-electron chi connectivity index (χ0n) is 5.97. The zero-order chi connectivity index (χ0) is 8.43. The van der Waals surface area contributed by atoms with Gasteiger partial charge in [-0.2, -0.15) is 4.98 Å². The van der Waals surface area contributed by atoms with Crippen LogP contribution in [0.2, 0.25) is 5.15 Å². The van der Waals surface area contributed by atoms with Gasteiger partial charge in [-0.15, -0.1) is 0 Å². The molecule has 0 unspecified atom stereocenters. The van der Waals surface area contributed by atoms with Gasteiger partial charge in [0.25, 0.3) is 0 Å². The number of ether oxygens (including phenoxy) is 1. The van der Waals surface area contributed by atoms with E-state index in [-0.39, 0.29) is 5.15 Å². The Balaban J connectivity index is 3.21. The Bertz CT molecular complexity index is 280. The highest BCUT2D eigenvalue weighted by Crippen LogP contribution is 2.16. The number of pyridine rings is 1. The Morgan fingerprint density at radius 3 is 2.91 bits per heavy atom. The summed E-state index contributed by atoms with van der Waals surface area (Å²) in [6.07, 6.45) is 0. The molecular formula is C6H6BClN2O. The molecule has 1 aromatic heterocycles. The van der Waals surface area contributed by atoms with Crippen LogP contribution in [-0.4, -0.2) is 19.9 Å². The smallest absolute Gasteiger partial charge is 0.207 e. The minimum absolute atomic E-state index is 0.205. The summed E-state index contributed by atoms with van der Waals surface area (Å²) in [6.45, 7) is 0. The lowest BCUT2D eigenvalue weighted by Crippen LogP contribution is -2.10. The molecule has 5 heteroatoms. The molecule has 0 aromatic carbocycles. The molecule has 0 spiro atoms. The highest BCUT2D eigenvalue weighted by atomic mass is 35.5. The first-order valence-corrected chi connectivity index (χ1v) is 3.28. The standard InChI is InChI=1S/C6H6BClN2O/c1-11-6-3(7)2-4(9)5(8)10-6/h2H,9H2,1H3. The summed E-state index contributed by atoms with van der Waals surface area (Å²) < 4.78 is 4.80. The number of hydrogen-bond acceptors (Lipinski definition) is 3. The number of rotatable bonds is 1. The summed E-state index contributed by atoms with van der Waals surface area (Å²) in [5.74, 6) is 0.296. The number of nitrogen functional groups attached to an aromatic ring is 1. The first-order chi connectivity index (χ1) is 5.15. The topological polar surface area (TPSA) is 48.1 Å². The molecule has 0 saturated carbocycles. The number of nitrogens with two attached hydrogens (primary N) is 1. The Hall–Kier alpha value is -0.895. The summed E-state index contributed by atoms with van der Waals surface area (Å²) in [5.41, 5.74) is 6.15. The maximum Gasteiger partial charge on any atom is 0.207 e. The highest BCUT2D eigenvalue weighted by Gasteiger charge is 2.03. The monoisotopic (exact) mass is 168 g/mol. The van der Waals surface area contributed by atoms with Crippen LogP contribution in [0.3, 0.4) is 0 Å². The van der Waals surface area contributed by atoms with Gasteiger partial charge in [0.2, 0.25) is 5.88 Å². The summed E-state index contributed by atoms with van der Waals surface area (Å²) >= 11 is 5.59. The molecule has 0 fully saturated rings. The molecule has 0 atom stereocenters. The van der Waals surface area contributed by atoms with Gasteiger partial charge >= 0.3 is 0 Å². The van der Waals surface area contributed by atoms with Gasteiger partial charge in [-0.3, -0.25) is 0 Å². The molecule has 11 heavy (non-hydrogen) atoms. The Morgan fingerprint density at radius 2 is 2.36 bits per heavy atom. The van der Waals surface area contributed by atoms with Gasteiger partial charge < -0.3 is 10.5 Å². The van der Waals surface area contributed by atoms with E-state index in [4.69, 9.17) is 29.9 Å². The second-order valence-corrected chi connectivity index (χ2v) is 2.32. The van der Waals surface area contributed by atoms with Gasteiger partial charge in [-0.1, -0.05) is 11.6 Å². The fraction of sp³-hybridized carbons (Fsp3) is 0.167. The van der Waals surface area contributed by atoms with Crippen molar-refractivity contribution in [3.05, 3.63) is 11.2 Å². The Morgan fingerprint density at radius 1 is 1.73 bits per heavy atom. The van der Waals surface area contributed by atoms with E-state index in [1.54, 1.807) is 0 Å². The van der Waals surface area contributed by atoms with Gasteiger partial charge in [0.15, 0.2) is 5.15 Å². The predicted molar refractivity (Wildman–Crippen MR) is 45.6 cm³/mol. The van der Waals surface area contributed by atoms with Crippen molar-refractivity contribution in [2.24, 2.45) is 0 Å².